The Bertz CT molecular complexity index is 495. The van der Waals surface area contributed by atoms with Crippen LogP contribution in [0.5, 0.6) is 0 Å². The van der Waals surface area contributed by atoms with Crippen LogP contribution in [0.25, 0.3) is 11.2 Å². The summed E-state index contributed by atoms with van der Waals surface area (Å²) in [5.41, 5.74) is 6.83. The van der Waals surface area contributed by atoms with E-state index in [-0.39, 0.29) is 6.04 Å². The summed E-state index contributed by atoms with van der Waals surface area (Å²) in [6.07, 6.45) is 1.47. The Morgan fingerprint density at radius 1 is 1.50 bits per heavy atom. The lowest BCUT2D eigenvalue weighted by Crippen LogP contribution is -2.35. The number of aryl methyl sites for hydroxylation is 1. The van der Waals surface area contributed by atoms with E-state index in [2.05, 4.69) is 15.0 Å². The zero-order valence-corrected chi connectivity index (χ0v) is 9.64. The lowest BCUT2D eigenvalue weighted by Gasteiger charge is -2.24. The minimum atomic E-state index is 0.190. The minimum absolute atomic E-state index is 0.190. The minimum Gasteiger partial charge on any atom is -0.422 e. The maximum absolute atomic E-state index is 5.63. The highest BCUT2D eigenvalue weighted by Gasteiger charge is 2.16. The Kier molecular flexibility index (Phi) is 2.74. The van der Waals surface area contributed by atoms with Gasteiger partial charge in [-0.25, -0.2) is 9.97 Å². The van der Waals surface area contributed by atoms with Gasteiger partial charge in [0, 0.05) is 26.6 Å². The summed E-state index contributed by atoms with van der Waals surface area (Å²) in [6, 6.07) is 0.190. The Balaban J connectivity index is 2.51. The molecule has 6 nitrogen and oxygen atoms in total. The van der Waals surface area contributed by atoms with Gasteiger partial charge in [-0.15, -0.1) is 0 Å². The first kappa shape index (κ1) is 10.8. The summed E-state index contributed by atoms with van der Waals surface area (Å²) in [6.45, 7) is 4.37. The van der Waals surface area contributed by atoms with Crippen LogP contribution in [0.1, 0.15) is 12.8 Å². The van der Waals surface area contributed by atoms with E-state index >= 15 is 0 Å². The number of hydrogen-bond donors (Lipinski definition) is 1. The van der Waals surface area contributed by atoms with Crippen LogP contribution in [0.3, 0.4) is 0 Å². The van der Waals surface area contributed by atoms with Crippen molar-refractivity contribution < 1.29 is 4.42 Å². The molecule has 1 unspecified atom stereocenters. The fourth-order valence-corrected chi connectivity index (χ4v) is 1.47. The van der Waals surface area contributed by atoms with Crippen LogP contribution < -0.4 is 10.6 Å². The van der Waals surface area contributed by atoms with E-state index in [1.165, 1.54) is 6.33 Å². The first-order valence-electron chi connectivity index (χ1n) is 5.14. The number of rotatable bonds is 3. The number of fused-ring (bicyclic) bond motifs is 1. The molecule has 1 atom stereocenters. The van der Waals surface area contributed by atoms with E-state index in [1.54, 1.807) is 6.92 Å². The Labute approximate surface area is 93.5 Å². The van der Waals surface area contributed by atoms with E-state index < -0.39 is 0 Å². The molecule has 0 saturated heterocycles. The molecular weight excluding hydrogens is 206 g/mol. The molecule has 16 heavy (non-hydrogen) atoms. The molecule has 0 amide bonds. The number of oxazole rings is 1. The van der Waals surface area contributed by atoms with Gasteiger partial charge in [-0.05, 0) is 6.92 Å². The van der Waals surface area contributed by atoms with Gasteiger partial charge in [0.2, 0.25) is 0 Å². The second-order valence-electron chi connectivity index (χ2n) is 3.78. The summed E-state index contributed by atoms with van der Waals surface area (Å²) < 4.78 is 5.35. The molecule has 86 valence electrons. The van der Waals surface area contributed by atoms with Crippen LogP contribution in [-0.2, 0) is 0 Å². The topological polar surface area (TPSA) is 81.1 Å². The molecule has 0 aliphatic carbocycles. The van der Waals surface area contributed by atoms with Crippen LogP contribution in [0.2, 0.25) is 0 Å². The predicted molar refractivity (Wildman–Crippen MR) is 61.3 cm³/mol. The fraction of sp³-hybridized carbons (Fsp3) is 0.500. The van der Waals surface area contributed by atoms with Gasteiger partial charge >= 0.3 is 0 Å². The van der Waals surface area contributed by atoms with Crippen molar-refractivity contribution in [1.29, 1.82) is 0 Å². The van der Waals surface area contributed by atoms with Crippen LogP contribution >= 0.6 is 0 Å². The summed E-state index contributed by atoms with van der Waals surface area (Å²) in [5, 5.41) is 0. The molecule has 2 N–H and O–H groups in total. The van der Waals surface area contributed by atoms with E-state index in [1.807, 2.05) is 18.9 Å². The molecule has 0 bridgehead atoms. The van der Waals surface area contributed by atoms with Crippen molar-refractivity contribution in [2.24, 2.45) is 5.73 Å². The van der Waals surface area contributed by atoms with Crippen molar-refractivity contribution in [2.75, 3.05) is 18.5 Å². The Morgan fingerprint density at radius 3 is 2.94 bits per heavy atom. The number of nitrogens with two attached hydrogens (primary N) is 1. The molecule has 0 fully saturated rings. The summed E-state index contributed by atoms with van der Waals surface area (Å²) in [5.74, 6) is 1.34. The number of aromatic nitrogens is 3. The van der Waals surface area contributed by atoms with Gasteiger partial charge in [0.1, 0.15) is 6.33 Å². The maximum Gasteiger partial charge on any atom is 0.252 e. The second kappa shape index (κ2) is 4.05. The fourth-order valence-electron chi connectivity index (χ4n) is 1.47. The van der Waals surface area contributed by atoms with E-state index in [0.29, 0.717) is 23.7 Å². The smallest absolute Gasteiger partial charge is 0.252 e. The molecule has 2 aromatic heterocycles. The van der Waals surface area contributed by atoms with Crippen LogP contribution in [0, 0.1) is 6.92 Å². The van der Waals surface area contributed by atoms with Gasteiger partial charge in [-0.2, -0.15) is 4.98 Å². The van der Waals surface area contributed by atoms with Crippen LogP contribution in [-0.4, -0.2) is 34.6 Å². The average molecular weight is 221 g/mol. The molecule has 6 heteroatoms. The van der Waals surface area contributed by atoms with Crippen LogP contribution in [0.15, 0.2) is 10.7 Å². The number of hydrogen-bond acceptors (Lipinski definition) is 6. The predicted octanol–water partition coefficient (Wildman–Crippen LogP) is 0.710. The van der Waals surface area contributed by atoms with Crippen molar-refractivity contribution in [2.45, 2.75) is 19.9 Å². The third-order valence-electron chi connectivity index (χ3n) is 2.62. The quantitative estimate of drug-likeness (QED) is 0.822. The van der Waals surface area contributed by atoms with Crippen molar-refractivity contribution in [1.82, 2.24) is 15.0 Å². The van der Waals surface area contributed by atoms with E-state index in [9.17, 15) is 0 Å². The van der Waals surface area contributed by atoms with Crippen molar-refractivity contribution >= 4 is 17.0 Å². The normalized spacial score (nSPS) is 13.0. The molecule has 0 aliphatic heterocycles. The molecule has 2 rings (SSSR count). The summed E-state index contributed by atoms with van der Waals surface area (Å²) in [7, 11) is 1.93. The molecule has 0 aromatic carbocycles. The SMILES string of the molecule is Cc1nc2c(N(C)C(C)CN)ncnc2o1. The summed E-state index contributed by atoms with van der Waals surface area (Å²) >= 11 is 0. The van der Waals surface area contributed by atoms with E-state index in [4.69, 9.17) is 10.2 Å². The largest absolute Gasteiger partial charge is 0.422 e. The molecule has 0 saturated carbocycles. The lowest BCUT2D eigenvalue weighted by molar-refractivity contribution is 0.551. The van der Waals surface area contributed by atoms with Gasteiger partial charge < -0.3 is 15.1 Å². The molecule has 2 aromatic rings. The van der Waals surface area contributed by atoms with Crippen LogP contribution in [0.4, 0.5) is 5.82 Å². The first-order chi connectivity index (χ1) is 7.63. The standard InChI is InChI=1S/C10H15N5O/c1-6(4-11)15(3)9-8-10(13-5-12-9)16-7(2)14-8/h5-6H,4,11H2,1-3H3. The molecule has 0 radical (unpaired) electrons. The Hall–Kier alpha value is -1.69. The second-order valence-corrected chi connectivity index (χ2v) is 3.78. The third kappa shape index (κ3) is 1.71. The maximum atomic E-state index is 5.63. The zero-order valence-electron chi connectivity index (χ0n) is 9.64. The first-order valence-corrected chi connectivity index (χ1v) is 5.14. The highest BCUT2D eigenvalue weighted by atomic mass is 16.4. The van der Waals surface area contributed by atoms with Crippen molar-refractivity contribution in [3.63, 3.8) is 0 Å². The lowest BCUT2D eigenvalue weighted by atomic mass is 10.3. The third-order valence-corrected chi connectivity index (χ3v) is 2.62. The number of likely N-dealkylation sites (N-methyl/N-ethyl adjacent to an activating group) is 1. The number of nitrogens with zero attached hydrogens (tertiary/aromatic N) is 4. The number of anilines is 1. The van der Waals surface area contributed by atoms with Crippen molar-refractivity contribution in [3.8, 4) is 0 Å². The molecule has 0 aliphatic rings. The van der Waals surface area contributed by atoms with Gasteiger partial charge in [0.25, 0.3) is 5.71 Å². The van der Waals surface area contributed by atoms with E-state index in [0.717, 1.165) is 5.82 Å². The average Bonchev–Trinajstić information content (AvgIpc) is 2.66. The highest BCUT2D eigenvalue weighted by molar-refractivity contribution is 5.81. The van der Waals surface area contributed by atoms with Gasteiger partial charge in [-0.1, -0.05) is 0 Å². The monoisotopic (exact) mass is 221 g/mol. The van der Waals surface area contributed by atoms with Gasteiger partial charge in [0.05, 0.1) is 0 Å². The summed E-state index contributed by atoms with van der Waals surface area (Å²) in [4.78, 5) is 14.5. The highest BCUT2D eigenvalue weighted by Crippen LogP contribution is 2.22. The van der Waals surface area contributed by atoms with Gasteiger partial charge in [-0.3, -0.25) is 0 Å². The Morgan fingerprint density at radius 2 is 2.25 bits per heavy atom. The van der Waals surface area contributed by atoms with Gasteiger partial charge in [0.15, 0.2) is 17.2 Å². The molecular formula is C10H15N5O. The molecule has 2 heterocycles. The molecule has 0 spiro atoms. The van der Waals surface area contributed by atoms with Crippen molar-refractivity contribution in [3.05, 3.63) is 12.2 Å². The zero-order chi connectivity index (χ0) is 11.7.